The number of terminal acetylenes is 1. The maximum atomic E-state index is 11.4. The van der Waals surface area contributed by atoms with Crippen LogP contribution in [0, 0.1) is 12.3 Å². The molecule has 0 unspecified atom stereocenters. The van der Waals surface area contributed by atoms with Crippen molar-refractivity contribution in [2.24, 2.45) is 0 Å². The summed E-state index contributed by atoms with van der Waals surface area (Å²) in [7, 11) is -3.30. The summed E-state index contributed by atoms with van der Waals surface area (Å²) in [5.74, 6) is 3.05. The van der Waals surface area contributed by atoms with Crippen molar-refractivity contribution < 1.29 is 8.42 Å². The van der Waals surface area contributed by atoms with Gasteiger partial charge in [-0.25, -0.2) is 28.1 Å². The number of nitrogens with two attached hydrogens (primary N) is 1. The number of benzene rings is 1. The second kappa shape index (κ2) is 7.67. The van der Waals surface area contributed by atoms with Crippen molar-refractivity contribution in [1.29, 1.82) is 0 Å². The van der Waals surface area contributed by atoms with Crippen molar-refractivity contribution in [2.75, 3.05) is 18.5 Å². The molecule has 0 bridgehead atoms. The topological polar surface area (TPSA) is 116 Å². The number of hydrogen-bond donors (Lipinski definition) is 2. The molecule has 0 aliphatic heterocycles. The molecule has 1 aliphatic rings. The Morgan fingerprint density at radius 3 is 2.79 bits per heavy atom. The molecule has 2 aromatic heterocycles. The molecule has 0 fully saturated rings. The Hall–Kier alpha value is -2.61. The van der Waals surface area contributed by atoms with Gasteiger partial charge in [0.1, 0.15) is 6.33 Å². The molecule has 29 heavy (non-hydrogen) atoms. The number of nitrogen functional groups attached to an aromatic ring is 1. The summed E-state index contributed by atoms with van der Waals surface area (Å²) in [4.78, 5) is 13.9. The van der Waals surface area contributed by atoms with Gasteiger partial charge >= 0.3 is 0 Å². The molecule has 4 rings (SSSR count). The Balaban J connectivity index is 1.74. The Bertz CT molecular complexity index is 1240. The van der Waals surface area contributed by atoms with E-state index in [-0.39, 0.29) is 12.4 Å². The number of fused-ring (bicyclic) bond motifs is 2. The Kier molecular flexibility index (Phi) is 5.21. The molecule has 0 amide bonds. The summed E-state index contributed by atoms with van der Waals surface area (Å²) < 4.78 is 27.2. The average Bonchev–Trinajstić information content (AvgIpc) is 3.25. The number of aromatic nitrogens is 4. The maximum Gasteiger partial charge on any atom is 0.208 e. The summed E-state index contributed by atoms with van der Waals surface area (Å²) in [5.41, 5.74) is 10.5. The molecule has 0 radical (unpaired) electrons. The lowest BCUT2D eigenvalue weighted by atomic mass is 10.1. The molecular weight excluding hydrogens is 408 g/mol. The molecule has 1 aliphatic carbocycles. The number of hydrogen-bond acceptors (Lipinski definition) is 7. The van der Waals surface area contributed by atoms with Crippen LogP contribution < -0.4 is 10.5 Å². The van der Waals surface area contributed by atoms with Crippen LogP contribution >= 0.6 is 11.8 Å². The molecule has 0 saturated carbocycles. The molecule has 10 heteroatoms. The summed E-state index contributed by atoms with van der Waals surface area (Å²) in [6, 6.07) is 4.21. The third kappa shape index (κ3) is 4.07. The van der Waals surface area contributed by atoms with E-state index >= 15 is 0 Å². The minimum Gasteiger partial charge on any atom is -0.382 e. The zero-order valence-corrected chi connectivity index (χ0v) is 17.5. The van der Waals surface area contributed by atoms with E-state index in [1.54, 1.807) is 0 Å². The highest BCUT2D eigenvalue weighted by Gasteiger charge is 2.19. The SMILES string of the molecule is C#Cc1cc2c(cc1Sc1nc3c(N)ncnc3n1CCNS(C)(=O)=O)CCC2. The minimum atomic E-state index is -3.30. The molecule has 1 aromatic carbocycles. The van der Waals surface area contributed by atoms with Gasteiger partial charge in [-0.1, -0.05) is 17.7 Å². The first-order valence-corrected chi connectivity index (χ1v) is 11.8. The number of anilines is 1. The zero-order valence-electron chi connectivity index (χ0n) is 15.8. The highest BCUT2D eigenvalue weighted by molar-refractivity contribution is 7.99. The Morgan fingerprint density at radius 1 is 1.31 bits per heavy atom. The van der Waals surface area contributed by atoms with Gasteiger partial charge in [0.05, 0.1) is 6.26 Å². The van der Waals surface area contributed by atoms with E-state index in [2.05, 4.69) is 37.7 Å². The smallest absolute Gasteiger partial charge is 0.208 e. The van der Waals surface area contributed by atoms with Crippen LogP contribution in [0.4, 0.5) is 5.82 Å². The van der Waals surface area contributed by atoms with Gasteiger partial charge in [0.25, 0.3) is 0 Å². The molecule has 0 saturated heterocycles. The van der Waals surface area contributed by atoms with Crippen molar-refractivity contribution >= 4 is 38.8 Å². The second-order valence-electron chi connectivity index (χ2n) is 6.86. The predicted molar refractivity (Wildman–Crippen MR) is 113 cm³/mol. The van der Waals surface area contributed by atoms with Gasteiger partial charge in [0.15, 0.2) is 22.1 Å². The van der Waals surface area contributed by atoms with Crippen LogP contribution in [0.1, 0.15) is 23.1 Å². The van der Waals surface area contributed by atoms with Crippen LogP contribution in [-0.4, -0.2) is 40.7 Å². The second-order valence-corrected chi connectivity index (χ2v) is 9.70. The van der Waals surface area contributed by atoms with Crippen molar-refractivity contribution in [3.63, 3.8) is 0 Å². The van der Waals surface area contributed by atoms with Crippen LogP contribution in [0.2, 0.25) is 0 Å². The lowest BCUT2D eigenvalue weighted by molar-refractivity contribution is 0.573. The number of aryl methyl sites for hydroxylation is 2. The molecule has 0 atom stereocenters. The van der Waals surface area contributed by atoms with E-state index in [1.165, 1.54) is 29.2 Å². The molecule has 3 N–H and O–H groups in total. The summed E-state index contributed by atoms with van der Waals surface area (Å²) in [6.07, 6.45) is 11.5. The van der Waals surface area contributed by atoms with Gasteiger partial charge in [-0.3, -0.25) is 0 Å². The Labute approximate surface area is 173 Å². The fraction of sp³-hybridized carbons (Fsp3) is 0.316. The fourth-order valence-electron chi connectivity index (χ4n) is 3.45. The van der Waals surface area contributed by atoms with Gasteiger partial charge in [-0.2, -0.15) is 0 Å². The van der Waals surface area contributed by atoms with Crippen LogP contribution in [0.5, 0.6) is 0 Å². The summed E-state index contributed by atoms with van der Waals surface area (Å²) in [6.45, 7) is 0.548. The zero-order chi connectivity index (χ0) is 20.6. The molecule has 150 valence electrons. The van der Waals surface area contributed by atoms with Crippen LogP contribution in [-0.2, 0) is 29.4 Å². The van der Waals surface area contributed by atoms with E-state index in [1.807, 2.05) is 4.57 Å². The molecule has 3 aromatic rings. The predicted octanol–water partition coefficient (Wildman–Crippen LogP) is 1.58. The molecule has 8 nitrogen and oxygen atoms in total. The molecule has 2 heterocycles. The average molecular weight is 429 g/mol. The fourth-order valence-corrected chi connectivity index (χ4v) is 4.97. The first kappa shape index (κ1) is 19.7. The monoisotopic (exact) mass is 428 g/mol. The number of nitrogens with zero attached hydrogens (tertiary/aromatic N) is 4. The van der Waals surface area contributed by atoms with E-state index in [9.17, 15) is 8.42 Å². The summed E-state index contributed by atoms with van der Waals surface area (Å²) >= 11 is 1.43. The van der Waals surface area contributed by atoms with E-state index in [4.69, 9.17) is 12.2 Å². The highest BCUT2D eigenvalue weighted by atomic mass is 32.2. The van der Waals surface area contributed by atoms with Gasteiger partial charge in [0, 0.05) is 23.5 Å². The van der Waals surface area contributed by atoms with Crippen molar-refractivity contribution in [1.82, 2.24) is 24.2 Å². The summed E-state index contributed by atoms with van der Waals surface area (Å²) in [5, 5.41) is 0.636. The van der Waals surface area contributed by atoms with E-state index in [0.29, 0.717) is 22.9 Å². The Morgan fingerprint density at radius 2 is 2.07 bits per heavy atom. The number of imidazole rings is 1. The standard InChI is InChI=1S/C19H20N6O2S2/c1-3-12-9-13-5-4-6-14(13)10-15(12)28-19-24-16-17(20)21-11-22-18(16)25(19)8-7-23-29(2,26)27/h1,9-11,23H,4-8H2,2H3,(H2,20,21,22). The van der Waals surface area contributed by atoms with Gasteiger partial charge in [0.2, 0.25) is 10.0 Å². The van der Waals surface area contributed by atoms with Crippen molar-refractivity contribution in [3.8, 4) is 12.3 Å². The number of nitrogens with one attached hydrogen (secondary N) is 1. The largest absolute Gasteiger partial charge is 0.382 e. The first-order valence-electron chi connectivity index (χ1n) is 9.07. The van der Waals surface area contributed by atoms with E-state index < -0.39 is 10.0 Å². The highest BCUT2D eigenvalue weighted by Crippen LogP contribution is 2.36. The van der Waals surface area contributed by atoms with Gasteiger partial charge < -0.3 is 10.3 Å². The molecular formula is C19H20N6O2S2. The van der Waals surface area contributed by atoms with Crippen LogP contribution in [0.25, 0.3) is 11.2 Å². The lowest BCUT2D eigenvalue weighted by Gasteiger charge is -2.11. The quantitative estimate of drug-likeness (QED) is 0.573. The number of rotatable bonds is 6. The van der Waals surface area contributed by atoms with E-state index in [0.717, 1.165) is 36.0 Å². The third-order valence-electron chi connectivity index (χ3n) is 4.78. The molecule has 0 spiro atoms. The minimum absolute atomic E-state index is 0.202. The first-order chi connectivity index (χ1) is 13.9. The number of sulfonamides is 1. The van der Waals surface area contributed by atoms with Gasteiger partial charge in [-0.15, -0.1) is 6.42 Å². The third-order valence-corrected chi connectivity index (χ3v) is 6.56. The van der Waals surface area contributed by atoms with Crippen LogP contribution in [0.15, 0.2) is 28.5 Å². The van der Waals surface area contributed by atoms with Gasteiger partial charge in [-0.05, 0) is 42.5 Å². The maximum absolute atomic E-state index is 11.4. The lowest BCUT2D eigenvalue weighted by Crippen LogP contribution is -2.26. The van der Waals surface area contributed by atoms with Crippen molar-refractivity contribution in [2.45, 2.75) is 35.9 Å². The van der Waals surface area contributed by atoms with Crippen LogP contribution in [0.3, 0.4) is 0 Å². The van der Waals surface area contributed by atoms with Crippen molar-refractivity contribution in [3.05, 3.63) is 35.2 Å². The normalized spacial score (nSPS) is 13.5.